The Morgan fingerprint density at radius 3 is 2.62 bits per heavy atom. The maximum Gasteiger partial charge on any atom is 0.232 e. The fourth-order valence-corrected chi connectivity index (χ4v) is 2.11. The highest BCUT2D eigenvalue weighted by atomic mass is 127. The van der Waals surface area contributed by atoms with Crippen molar-refractivity contribution in [3.63, 3.8) is 0 Å². The summed E-state index contributed by atoms with van der Waals surface area (Å²) in [7, 11) is 1.61. The van der Waals surface area contributed by atoms with Gasteiger partial charge in [-0.05, 0) is 30.3 Å². The maximum atomic E-state index is 5.95. The second kappa shape index (κ2) is 10.4. The highest BCUT2D eigenvalue weighted by Gasteiger charge is 2.03. The monoisotopic (exact) mass is 482 g/mol. The van der Waals surface area contributed by atoms with Crippen LogP contribution in [-0.4, -0.2) is 31.2 Å². The number of aromatic nitrogens is 1. The molecule has 0 bridgehead atoms. The minimum absolute atomic E-state index is 0. The summed E-state index contributed by atoms with van der Waals surface area (Å²) in [5.41, 5.74) is 6.61. The van der Waals surface area contributed by atoms with E-state index in [1.165, 1.54) is 6.20 Å². The van der Waals surface area contributed by atoms with Crippen LogP contribution < -0.4 is 20.5 Å². The van der Waals surface area contributed by atoms with Crippen molar-refractivity contribution < 1.29 is 9.47 Å². The Morgan fingerprint density at radius 1 is 1.29 bits per heavy atom. The van der Waals surface area contributed by atoms with E-state index >= 15 is 0 Å². The summed E-state index contributed by atoms with van der Waals surface area (Å²) in [5, 5.41) is 3.77. The molecule has 2 aromatic rings. The number of aliphatic imine (C=N–C) groups is 1. The zero-order valence-electron chi connectivity index (χ0n) is 12.8. The fraction of sp³-hybridized carbons (Fsp3) is 0.200. The number of hydrogen-bond acceptors (Lipinski definition) is 4. The number of rotatable bonds is 6. The summed E-state index contributed by atoms with van der Waals surface area (Å²) >= 11 is 11.7. The lowest BCUT2D eigenvalue weighted by Gasteiger charge is -2.08. The topological polar surface area (TPSA) is 81.8 Å². The number of pyridine rings is 1. The molecule has 0 unspecified atom stereocenters. The van der Waals surface area contributed by atoms with Crippen molar-refractivity contribution in [2.75, 3.05) is 25.6 Å². The predicted octanol–water partition coefficient (Wildman–Crippen LogP) is 3.82. The van der Waals surface area contributed by atoms with Crippen LogP contribution in [-0.2, 0) is 0 Å². The second-order valence-electron chi connectivity index (χ2n) is 4.41. The SMILES string of the molecule is COc1ccc(NC(N)=NCCOc2ncc(Cl)cc2Cl)cc1.I. The van der Waals surface area contributed by atoms with Crippen LogP contribution >= 0.6 is 47.2 Å². The van der Waals surface area contributed by atoms with E-state index in [4.69, 9.17) is 38.4 Å². The molecule has 9 heteroatoms. The van der Waals surface area contributed by atoms with Gasteiger partial charge in [0.25, 0.3) is 0 Å². The van der Waals surface area contributed by atoms with Crippen LogP contribution in [0.2, 0.25) is 10.0 Å². The molecule has 0 saturated heterocycles. The lowest BCUT2D eigenvalue weighted by atomic mass is 10.3. The van der Waals surface area contributed by atoms with E-state index in [-0.39, 0.29) is 29.9 Å². The predicted molar refractivity (Wildman–Crippen MR) is 108 cm³/mol. The lowest BCUT2D eigenvalue weighted by molar-refractivity contribution is 0.316. The van der Waals surface area contributed by atoms with Crippen molar-refractivity contribution in [3.05, 3.63) is 46.6 Å². The number of anilines is 1. The Kier molecular flexibility index (Phi) is 8.94. The Morgan fingerprint density at radius 2 is 2.00 bits per heavy atom. The van der Waals surface area contributed by atoms with Gasteiger partial charge < -0.3 is 20.5 Å². The van der Waals surface area contributed by atoms with E-state index in [0.29, 0.717) is 29.1 Å². The van der Waals surface area contributed by atoms with Gasteiger partial charge in [0.1, 0.15) is 17.4 Å². The smallest absolute Gasteiger partial charge is 0.232 e. The molecular formula is C15H17Cl2IN4O2. The first-order chi connectivity index (χ1) is 11.1. The van der Waals surface area contributed by atoms with E-state index < -0.39 is 0 Å². The Labute approximate surface area is 167 Å². The van der Waals surface area contributed by atoms with Gasteiger partial charge in [0.15, 0.2) is 5.96 Å². The van der Waals surface area contributed by atoms with E-state index in [1.807, 2.05) is 24.3 Å². The fourth-order valence-electron chi connectivity index (χ4n) is 1.68. The van der Waals surface area contributed by atoms with Crippen LogP contribution in [0, 0.1) is 0 Å². The molecule has 0 spiro atoms. The zero-order chi connectivity index (χ0) is 16.7. The number of nitrogens with two attached hydrogens (primary N) is 1. The van der Waals surface area contributed by atoms with E-state index in [2.05, 4.69) is 15.3 Å². The molecule has 2 rings (SSSR count). The van der Waals surface area contributed by atoms with Gasteiger partial charge in [-0.2, -0.15) is 0 Å². The van der Waals surface area contributed by atoms with Crippen molar-refractivity contribution in [1.82, 2.24) is 4.98 Å². The average Bonchev–Trinajstić information content (AvgIpc) is 2.54. The van der Waals surface area contributed by atoms with Crippen LogP contribution in [0.3, 0.4) is 0 Å². The molecular weight excluding hydrogens is 466 g/mol. The number of benzene rings is 1. The van der Waals surface area contributed by atoms with Gasteiger partial charge in [0, 0.05) is 11.9 Å². The number of methoxy groups -OCH3 is 1. The second-order valence-corrected chi connectivity index (χ2v) is 5.25. The largest absolute Gasteiger partial charge is 0.497 e. The highest BCUT2D eigenvalue weighted by Crippen LogP contribution is 2.24. The van der Waals surface area contributed by atoms with Gasteiger partial charge >= 0.3 is 0 Å². The number of guanidine groups is 1. The van der Waals surface area contributed by atoms with Crippen LogP contribution in [0.4, 0.5) is 5.69 Å². The van der Waals surface area contributed by atoms with Crippen LogP contribution in [0.5, 0.6) is 11.6 Å². The first-order valence-corrected chi connectivity index (χ1v) is 7.49. The number of ether oxygens (including phenoxy) is 2. The number of halogens is 3. The molecule has 130 valence electrons. The summed E-state index contributed by atoms with van der Waals surface area (Å²) in [4.78, 5) is 8.14. The molecule has 6 nitrogen and oxygen atoms in total. The molecule has 1 aromatic carbocycles. The Bertz CT molecular complexity index is 684. The molecule has 3 N–H and O–H groups in total. The molecule has 0 aliphatic rings. The maximum absolute atomic E-state index is 5.95. The molecule has 0 aliphatic carbocycles. The molecule has 0 aliphatic heterocycles. The minimum Gasteiger partial charge on any atom is -0.497 e. The third-order valence-corrected chi connectivity index (χ3v) is 3.23. The lowest BCUT2D eigenvalue weighted by Crippen LogP contribution is -2.23. The summed E-state index contributed by atoms with van der Waals surface area (Å²) in [6.07, 6.45) is 1.46. The third kappa shape index (κ3) is 6.58. The summed E-state index contributed by atoms with van der Waals surface area (Å²) < 4.78 is 10.5. The van der Waals surface area contributed by atoms with Crippen molar-refractivity contribution in [2.24, 2.45) is 10.7 Å². The molecule has 0 fully saturated rings. The molecule has 0 amide bonds. The standard InChI is InChI=1S/C15H16Cl2N4O2.HI/c1-22-12-4-2-11(3-5-12)21-15(18)19-6-7-23-14-13(17)8-10(16)9-20-14;/h2-5,8-9H,6-7H2,1H3,(H3,18,19,21);1H. The normalized spacial score (nSPS) is 10.7. The van der Waals surface area contributed by atoms with Gasteiger partial charge in [0.05, 0.1) is 18.7 Å². The third-order valence-electron chi connectivity index (χ3n) is 2.75. The van der Waals surface area contributed by atoms with Crippen LogP contribution in [0.15, 0.2) is 41.5 Å². The van der Waals surface area contributed by atoms with Crippen molar-refractivity contribution in [2.45, 2.75) is 0 Å². The van der Waals surface area contributed by atoms with Crippen molar-refractivity contribution >= 4 is 58.8 Å². The van der Waals surface area contributed by atoms with Gasteiger partial charge in [-0.3, -0.25) is 0 Å². The van der Waals surface area contributed by atoms with Crippen LogP contribution in [0.1, 0.15) is 0 Å². The van der Waals surface area contributed by atoms with E-state index in [1.54, 1.807) is 13.2 Å². The minimum atomic E-state index is 0. The molecule has 24 heavy (non-hydrogen) atoms. The molecule has 1 heterocycles. The van der Waals surface area contributed by atoms with Gasteiger partial charge in [-0.15, -0.1) is 24.0 Å². The summed E-state index contributed by atoms with van der Waals surface area (Å²) in [5.74, 6) is 1.37. The quantitative estimate of drug-likeness (QED) is 0.283. The van der Waals surface area contributed by atoms with Gasteiger partial charge in [-0.1, -0.05) is 23.2 Å². The highest BCUT2D eigenvalue weighted by molar-refractivity contribution is 14.0. The summed E-state index contributed by atoms with van der Waals surface area (Å²) in [6, 6.07) is 8.90. The van der Waals surface area contributed by atoms with Crippen LogP contribution in [0.25, 0.3) is 0 Å². The molecule has 0 atom stereocenters. The summed E-state index contributed by atoms with van der Waals surface area (Å²) in [6.45, 7) is 0.648. The molecule has 0 radical (unpaired) electrons. The van der Waals surface area contributed by atoms with E-state index in [0.717, 1.165) is 11.4 Å². The first kappa shape index (κ1) is 20.6. The number of nitrogens with one attached hydrogen (secondary N) is 1. The zero-order valence-corrected chi connectivity index (χ0v) is 16.7. The van der Waals surface area contributed by atoms with Crippen molar-refractivity contribution in [1.29, 1.82) is 0 Å². The molecule has 1 aromatic heterocycles. The van der Waals surface area contributed by atoms with Gasteiger partial charge in [0.2, 0.25) is 5.88 Å². The average molecular weight is 483 g/mol. The Balaban J connectivity index is 0.00000288. The van der Waals surface area contributed by atoms with Gasteiger partial charge in [-0.25, -0.2) is 9.98 Å². The van der Waals surface area contributed by atoms with E-state index in [9.17, 15) is 0 Å². The first-order valence-electron chi connectivity index (χ1n) is 6.73. The number of hydrogen-bond donors (Lipinski definition) is 2. The number of nitrogens with zero attached hydrogens (tertiary/aromatic N) is 2. The Hall–Kier alpha value is -1.45. The molecule has 0 saturated carbocycles. The van der Waals surface area contributed by atoms with Crippen molar-refractivity contribution in [3.8, 4) is 11.6 Å².